The van der Waals surface area contributed by atoms with Crippen LogP contribution in [0.15, 0.2) is 65.1 Å². The van der Waals surface area contributed by atoms with E-state index in [1.165, 1.54) is 12.2 Å². The Morgan fingerprint density at radius 3 is 2.50 bits per heavy atom. The lowest BCUT2D eigenvalue weighted by Crippen LogP contribution is -2.32. The summed E-state index contributed by atoms with van der Waals surface area (Å²) in [4.78, 5) is 12.0. The van der Waals surface area contributed by atoms with Crippen LogP contribution in [0, 0.1) is 0 Å². The summed E-state index contributed by atoms with van der Waals surface area (Å²) >= 11 is 23.2. The van der Waals surface area contributed by atoms with E-state index in [1.54, 1.807) is 54.6 Å². The predicted molar refractivity (Wildman–Crippen MR) is 119 cm³/mol. The second-order valence-corrected chi connectivity index (χ2v) is 7.22. The molecule has 3 aromatic rings. The lowest BCUT2D eigenvalue weighted by atomic mass is 10.2. The van der Waals surface area contributed by atoms with E-state index in [2.05, 4.69) is 10.6 Å². The molecular weight excluding hydrogens is 439 g/mol. The molecule has 8 heteroatoms. The lowest BCUT2D eigenvalue weighted by Gasteiger charge is -2.07. The number of hydrogen-bond donors (Lipinski definition) is 2. The molecule has 3 rings (SSSR count). The van der Waals surface area contributed by atoms with E-state index >= 15 is 0 Å². The van der Waals surface area contributed by atoms with Crippen LogP contribution >= 0.6 is 47.0 Å². The molecule has 0 fully saturated rings. The van der Waals surface area contributed by atoms with Gasteiger partial charge in [0.1, 0.15) is 11.5 Å². The van der Waals surface area contributed by atoms with Gasteiger partial charge in [0.15, 0.2) is 5.11 Å². The first-order chi connectivity index (χ1) is 13.4. The van der Waals surface area contributed by atoms with Crippen molar-refractivity contribution >= 4 is 69.8 Å². The van der Waals surface area contributed by atoms with Crippen LogP contribution in [0.2, 0.25) is 15.1 Å². The SMILES string of the molecule is O=C(C=Cc1ccc(-c2cccc(Cl)c2Cl)o1)NC(=S)Nc1ccc(Cl)cc1. The minimum atomic E-state index is -0.398. The summed E-state index contributed by atoms with van der Waals surface area (Å²) in [5.74, 6) is 0.635. The quantitative estimate of drug-likeness (QED) is 0.354. The number of nitrogens with one attached hydrogen (secondary N) is 2. The van der Waals surface area contributed by atoms with E-state index < -0.39 is 5.91 Å². The number of carbonyl (C=O) groups is 1. The number of halogens is 3. The molecule has 0 unspecified atom stereocenters. The molecule has 0 atom stereocenters. The second kappa shape index (κ2) is 9.26. The van der Waals surface area contributed by atoms with E-state index in [4.69, 9.17) is 51.4 Å². The average molecular weight is 452 g/mol. The van der Waals surface area contributed by atoms with Crippen molar-refractivity contribution in [2.45, 2.75) is 0 Å². The zero-order valence-corrected chi connectivity index (χ0v) is 17.3. The topological polar surface area (TPSA) is 54.3 Å². The van der Waals surface area contributed by atoms with Crippen LogP contribution in [0.1, 0.15) is 5.76 Å². The van der Waals surface area contributed by atoms with E-state index in [-0.39, 0.29) is 5.11 Å². The Morgan fingerprint density at radius 1 is 1.00 bits per heavy atom. The van der Waals surface area contributed by atoms with E-state index in [9.17, 15) is 4.79 Å². The highest BCUT2D eigenvalue weighted by atomic mass is 35.5. The maximum absolute atomic E-state index is 12.0. The van der Waals surface area contributed by atoms with Gasteiger partial charge >= 0.3 is 0 Å². The van der Waals surface area contributed by atoms with Crippen LogP contribution in [0.3, 0.4) is 0 Å². The summed E-state index contributed by atoms with van der Waals surface area (Å²) in [5.41, 5.74) is 1.39. The molecule has 0 aliphatic rings. The zero-order chi connectivity index (χ0) is 20.1. The number of rotatable bonds is 4. The van der Waals surface area contributed by atoms with E-state index in [1.807, 2.05) is 0 Å². The maximum atomic E-state index is 12.0. The second-order valence-electron chi connectivity index (χ2n) is 5.59. The smallest absolute Gasteiger partial charge is 0.250 e. The third kappa shape index (κ3) is 5.36. The van der Waals surface area contributed by atoms with Gasteiger partial charge in [0.05, 0.1) is 10.0 Å². The molecule has 0 saturated heterocycles. The van der Waals surface area contributed by atoms with Gasteiger partial charge in [-0.3, -0.25) is 10.1 Å². The average Bonchev–Trinajstić information content (AvgIpc) is 3.13. The Hall–Kier alpha value is -2.31. The van der Waals surface area contributed by atoms with Gasteiger partial charge < -0.3 is 9.73 Å². The van der Waals surface area contributed by atoms with Gasteiger partial charge in [-0.15, -0.1) is 0 Å². The monoisotopic (exact) mass is 450 g/mol. The molecular formula is C20H13Cl3N2O2S. The Kier molecular flexibility index (Phi) is 6.75. The first kappa shape index (κ1) is 20.4. The highest BCUT2D eigenvalue weighted by Gasteiger charge is 2.10. The fraction of sp³-hybridized carbons (Fsp3) is 0. The minimum absolute atomic E-state index is 0.169. The maximum Gasteiger partial charge on any atom is 0.250 e. The van der Waals surface area contributed by atoms with Crippen LogP contribution < -0.4 is 10.6 Å². The molecule has 0 radical (unpaired) electrons. The van der Waals surface area contributed by atoms with Crippen molar-refractivity contribution in [1.82, 2.24) is 5.32 Å². The Bertz CT molecular complexity index is 1050. The number of hydrogen-bond acceptors (Lipinski definition) is 3. The summed E-state index contributed by atoms with van der Waals surface area (Å²) in [5, 5.41) is 7.07. The fourth-order valence-corrected chi connectivity index (χ4v) is 3.03. The Morgan fingerprint density at radius 2 is 1.75 bits per heavy atom. The largest absolute Gasteiger partial charge is 0.457 e. The van der Waals surface area contributed by atoms with Gasteiger partial charge in [0, 0.05) is 22.3 Å². The molecule has 0 saturated carbocycles. The first-order valence-electron chi connectivity index (χ1n) is 8.02. The normalized spacial score (nSPS) is 10.8. The molecule has 2 aromatic carbocycles. The number of anilines is 1. The standard InChI is InChI=1S/C20H13Cl3N2O2S/c21-12-4-6-13(7-5-12)24-20(28)25-18(26)11-9-14-8-10-17(27-14)15-2-1-3-16(22)19(15)23/h1-11H,(H2,24,25,26,28). The van der Waals surface area contributed by atoms with Crippen LogP contribution in [0.25, 0.3) is 17.4 Å². The number of carbonyl (C=O) groups excluding carboxylic acids is 1. The Labute approximate surface area is 182 Å². The number of thiocarbonyl (C=S) groups is 1. The summed E-state index contributed by atoms with van der Waals surface area (Å²) in [6.45, 7) is 0. The van der Waals surface area contributed by atoms with E-state index in [0.717, 1.165) is 0 Å². The number of amides is 1. The molecule has 1 heterocycles. The molecule has 2 N–H and O–H groups in total. The molecule has 142 valence electrons. The molecule has 1 aromatic heterocycles. The summed E-state index contributed by atoms with van der Waals surface area (Å²) < 4.78 is 5.70. The summed E-state index contributed by atoms with van der Waals surface area (Å²) in [6.07, 6.45) is 2.85. The first-order valence-corrected chi connectivity index (χ1v) is 9.56. The van der Waals surface area contributed by atoms with Gasteiger partial charge in [0.25, 0.3) is 0 Å². The lowest BCUT2D eigenvalue weighted by molar-refractivity contribution is -0.115. The molecule has 0 aliphatic carbocycles. The van der Waals surface area contributed by atoms with Crippen molar-refractivity contribution in [1.29, 1.82) is 0 Å². The third-order valence-corrected chi connectivity index (χ3v) is 4.86. The van der Waals surface area contributed by atoms with Crippen molar-refractivity contribution in [3.63, 3.8) is 0 Å². The van der Waals surface area contributed by atoms with Crippen LogP contribution in [0.5, 0.6) is 0 Å². The fourth-order valence-electron chi connectivity index (χ4n) is 2.29. The van der Waals surface area contributed by atoms with Crippen LogP contribution in [0.4, 0.5) is 5.69 Å². The van der Waals surface area contributed by atoms with Gasteiger partial charge in [-0.1, -0.05) is 40.9 Å². The molecule has 0 aliphatic heterocycles. The summed E-state index contributed by atoms with van der Waals surface area (Å²) in [7, 11) is 0. The number of benzene rings is 2. The number of furan rings is 1. The predicted octanol–water partition coefficient (Wildman–Crippen LogP) is 6.43. The highest BCUT2D eigenvalue weighted by molar-refractivity contribution is 7.80. The van der Waals surface area contributed by atoms with Crippen LogP contribution in [-0.4, -0.2) is 11.0 Å². The minimum Gasteiger partial charge on any atom is -0.457 e. The van der Waals surface area contributed by atoms with Gasteiger partial charge in [0.2, 0.25) is 5.91 Å². The highest BCUT2D eigenvalue weighted by Crippen LogP contribution is 2.34. The van der Waals surface area contributed by atoms with Crippen LogP contribution in [-0.2, 0) is 4.79 Å². The van der Waals surface area contributed by atoms with Crippen molar-refractivity contribution in [3.05, 3.63) is 81.5 Å². The van der Waals surface area contributed by atoms with Gasteiger partial charge in [-0.25, -0.2) is 0 Å². The van der Waals surface area contributed by atoms with E-state index in [0.29, 0.717) is 37.8 Å². The van der Waals surface area contributed by atoms with Gasteiger partial charge in [-0.05, 0) is 66.8 Å². The molecule has 0 bridgehead atoms. The van der Waals surface area contributed by atoms with Crippen molar-refractivity contribution in [2.24, 2.45) is 0 Å². The summed E-state index contributed by atoms with van der Waals surface area (Å²) in [6, 6.07) is 15.7. The zero-order valence-electron chi connectivity index (χ0n) is 14.2. The van der Waals surface area contributed by atoms with Gasteiger partial charge in [-0.2, -0.15) is 0 Å². The molecule has 1 amide bonds. The molecule has 0 spiro atoms. The van der Waals surface area contributed by atoms with Crippen molar-refractivity contribution in [3.8, 4) is 11.3 Å². The molecule has 4 nitrogen and oxygen atoms in total. The van der Waals surface area contributed by atoms with Crippen molar-refractivity contribution < 1.29 is 9.21 Å². The third-order valence-electron chi connectivity index (χ3n) is 3.58. The molecule has 28 heavy (non-hydrogen) atoms. The Balaban J connectivity index is 1.60. The van der Waals surface area contributed by atoms with Crippen molar-refractivity contribution in [2.75, 3.05) is 5.32 Å².